The van der Waals surface area contributed by atoms with E-state index in [0.717, 1.165) is 16.7 Å². The summed E-state index contributed by atoms with van der Waals surface area (Å²) in [6.07, 6.45) is 1.03. The lowest BCUT2D eigenvalue weighted by molar-refractivity contribution is -0.189. The van der Waals surface area contributed by atoms with Crippen LogP contribution in [-0.2, 0) is 29.1 Å². The number of hydrogen-bond acceptors (Lipinski definition) is 5. The number of benzene rings is 3. The van der Waals surface area contributed by atoms with E-state index in [0.29, 0.717) is 5.46 Å². The number of aromatic hydroxyl groups is 1. The molecule has 2 aliphatic rings. The fraction of sp³-hybridized carbons (Fsp3) is 0.258. The zero-order valence-corrected chi connectivity index (χ0v) is 23.4. The average Bonchev–Trinajstić information content (AvgIpc) is 2.97. The van der Waals surface area contributed by atoms with Crippen LogP contribution in [0.2, 0.25) is 0 Å². The van der Waals surface area contributed by atoms with Gasteiger partial charge in [-0.05, 0) is 34.9 Å². The van der Waals surface area contributed by atoms with E-state index in [4.69, 9.17) is 0 Å². The van der Waals surface area contributed by atoms with Crippen molar-refractivity contribution in [2.24, 2.45) is 0 Å². The second-order valence-electron chi connectivity index (χ2n) is 10.6. The van der Waals surface area contributed by atoms with Crippen LogP contribution in [0.3, 0.4) is 0 Å². The first-order chi connectivity index (χ1) is 20.2. The van der Waals surface area contributed by atoms with Crippen LogP contribution in [0.1, 0.15) is 16.7 Å². The molecule has 0 radical (unpaired) electrons. The van der Waals surface area contributed by atoms with Crippen LogP contribution in [0, 0.1) is 5.82 Å². The molecule has 9 nitrogen and oxygen atoms in total. The van der Waals surface area contributed by atoms with Gasteiger partial charge in [-0.15, -0.1) is 6.58 Å². The van der Waals surface area contributed by atoms with Gasteiger partial charge in [0.2, 0.25) is 11.8 Å². The van der Waals surface area contributed by atoms with E-state index in [9.17, 15) is 23.9 Å². The van der Waals surface area contributed by atoms with Gasteiger partial charge in [-0.25, -0.2) is 19.2 Å². The molecule has 2 heterocycles. The number of phenolic OH excluding ortho intramolecular Hbond substituents is 1. The van der Waals surface area contributed by atoms with Crippen LogP contribution in [0.15, 0.2) is 85.5 Å². The zero-order chi connectivity index (χ0) is 29.8. The van der Waals surface area contributed by atoms with Gasteiger partial charge in [-0.3, -0.25) is 9.59 Å². The third kappa shape index (κ3) is 6.16. The quantitative estimate of drug-likeness (QED) is 0.317. The van der Waals surface area contributed by atoms with Crippen molar-refractivity contribution in [1.82, 2.24) is 25.1 Å². The van der Waals surface area contributed by atoms with E-state index in [1.807, 2.05) is 30.3 Å². The molecule has 2 aliphatic heterocycles. The number of urea groups is 1. The van der Waals surface area contributed by atoms with Crippen molar-refractivity contribution in [3.05, 3.63) is 108 Å². The minimum absolute atomic E-state index is 0.0689. The summed E-state index contributed by atoms with van der Waals surface area (Å²) < 4.78 is 14.0. The number of carbonyl (C=O) groups is 3. The van der Waals surface area contributed by atoms with Gasteiger partial charge < -0.3 is 20.2 Å². The SMILES string of the molecule is Bc1cc(CN2C[C@H]3N(C(=O)CN(CC=C)N3C(=O)NCc3ccccc3)[C@@H](Cc3ccc(O)cc3)C2=O)ccc1F. The third-order valence-electron chi connectivity index (χ3n) is 7.63. The van der Waals surface area contributed by atoms with Gasteiger partial charge in [0.05, 0.1) is 13.1 Å². The molecule has 42 heavy (non-hydrogen) atoms. The number of piperazine rings is 1. The van der Waals surface area contributed by atoms with Crippen molar-refractivity contribution in [1.29, 1.82) is 0 Å². The maximum Gasteiger partial charge on any atom is 0.334 e. The van der Waals surface area contributed by atoms with Gasteiger partial charge in [0, 0.05) is 26.1 Å². The molecule has 0 aromatic heterocycles. The molecule has 11 heteroatoms. The Bertz CT molecular complexity index is 1470. The van der Waals surface area contributed by atoms with Gasteiger partial charge in [0.1, 0.15) is 31.6 Å². The Morgan fingerprint density at radius 2 is 1.76 bits per heavy atom. The van der Waals surface area contributed by atoms with Crippen molar-refractivity contribution in [3.8, 4) is 5.75 Å². The Hall–Kier alpha value is -4.64. The largest absolute Gasteiger partial charge is 0.508 e. The smallest absolute Gasteiger partial charge is 0.334 e. The van der Waals surface area contributed by atoms with Gasteiger partial charge in [0.15, 0.2) is 0 Å². The van der Waals surface area contributed by atoms with Crippen molar-refractivity contribution >= 4 is 31.2 Å². The second-order valence-corrected chi connectivity index (χ2v) is 10.6. The molecule has 2 saturated heterocycles. The van der Waals surface area contributed by atoms with E-state index >= 15 is 0 Å². The van der Waals surface area contributed by atoms with Gasteiger partial charge >= 0.3 is 6.03 Å². The third-order valence-corrected chi connectivity index (χ3v) is 7.63. The maximum atomic E-state index is 14.0. The molecular weight excluding hydrogens is 536 g/mol. The number of phenols is 1. The summed E-state index contributed by atoms with van der Waals surface area (Å²) in [6.45, 7) is 4.50. The van der Waals surface area contributed by atoms with E-state index in [1.165, 1.54) is 28.1 Å². The van der Waals surface area contributed by atoms with E-state index in [1.54, 1.807) is 48.1 Å². The minimum atomic E-state index is -0.891. The summed E-state index contributed by atoms with van der Waals surface area (Å²) in [5.41, 5.74) is 2.88. The molecule has 0 saturated carbocycles. The summed E-state index contributed by atoms with van der Waals surface area (Å²) in [7, 11) is 1.66. The molecule has 0 spiro atoms. The summed E-state index contributed by atoms with van der Waals surface area (Å²) in [5.74, 6) is -0.783. The molecule has 4 amide bonds. The molecule has 2 N–H and O–H groups in total. The first-order valence-corrected chi connectivity index (χ1v) is 13.8. The summed E-state index contributed by atoms with van der Waals surface area (Å²) >= 11 is 0. The Balaban J connectivity index is 1.50. The second kappa shape index (κ2) is 12.5. The highest BCUT2D eigenvalue weighted by Crippen LogP contribution is 2.29. The number of hydrazine groups is 1. The number of nitrogens with one attached hydrogen (secondary N) is 1. The molecule has 216 valence electrons. The molecule has 0 bridgehead atoms. The van der Waals surface area contributed by atoms with Crippen LogP contribution in [0.25, 0.3) is 0 Å². The van der Waals surface area contributed by atoms with Crippen molar-refractivity contribution in [3.63, 3.8) is 0 Å². The molecule has 3 aromatic carbocycles. The van der Waals surface area contributed by atoms with E-state index < -0.39 is 18.2 Å². The summed E-state index contributed by atoms with van der Waals surface area (Å²) in [6, 6.07) is 19.4. The lowest BCUT2D eigenvalue weighted by Gasteiger charge is -2.55. The Morgan fingerprint density at radius 1 is 1.05 bits per heavy atom. The average molecular weight is 569 g/mol. The number of carbonyl (C=O) groups excluding carboxylic acids is 3. The predicted molar refractivity (Wildman–Crippen MR) is 159 cm³/mol. The van der Waals surface area contributed by atoms with Crippen LogP contribution in [0.5, 0.6) is 5.75 Å². The normalized spacial score (nSPS) is 19.0. The number of halogens is 1. The number of fused-ring (bicyclic) bond motifs is 1. The number of hydrogen-bond donors (Lipinski definition) is 2. The number of amides is 4. The van der Waals surface area contributed by atoms with Gasteiger partial charge in [-0.2, -0.15) is 0 Å². The highest BCUT2D eigenvalue weighted by Gasteiger charge is 2.51. The van der Waals surface area contributed by atoms with E-state index in [-0.39, 0.29) is 62.5 Å². The first-order valence-electron chi connectivity index (χ1n) is 13.8. The fourth-order valence-electron chi connectivity index (χ4n) is 5.58. The van der Waals surface area contributed by atoms with Crippen LogP contribution in [-0.4, -0.2) is 82.5 Å². The van der Waals surface area contributed by atoms with Crippen molar-refractivity contribution < 1.29 is 23.9 Å². The lowest BCUT2D eigenvalue weighted by atomic mass is 9.93. The monoisotopic (exact) mass is 569 g/mol. The zero-order valence-electron chi connectivity index (χ0n) is 23.4. The molecule has 0 unspecified atom stereocenters. The van der Waals surface area contributed by atoms with Gasteiger partial charge in [0.25, 0.3) is 0 Å². The maximum absolute atomic E-state index is 14.0. The standard InChI is InChI=1S/C31H33BFN5O4/c1-2-14-36-20-29(40)37-27(16-21-8-11-24(39)12-9-21)30(41)35(18-23-10-13-26(33)25(32)15-23)19-28(37)38(36)31(42)34-17-22-6-4-3-5-7-22/h2-13,15,27-28,39H,1,14,16-20,32H2,(H,34,42)/t27-,28-/m0/s1. The highest BCUT2D eigenvalue weighted by atomic mass is 19.1. The summed E-state index contributed by atoms with van der Waals surface area (Å²) in [4.78, 5) is 44.6. The fourth-order valence-corrected chi connectivity index (χ4v) is 5.58. The molecular formula is C31H33BFN5O4. The molecule has 5 rings (SSSR count). The van der Waals surface area contributed by atoms with E-state index in [2.05, 4.69) is 11.9 Å². The van der Waals surface area contributed by atoms with Crippen LogP contribution < -0.4 is 10.8 Å². The first kappa shape index (κ1) is 28.9. The summed E-state index contributed by atoms with van der Waals surface area (Å²) in [5, 5.41) is 15.9. The lowest BCUT2D eigenvalue weighted by Crippen LogP contribution is -2.76. The topological polar surface area (TPSA) is 96.4 Å². The Kier molecular flexibility index (Phi) is 8.58. The highest BCUT2D eigenvalue weighted by molar-refractivity contribution is 6.32. The number of rotatable bonds is 8. The predicted octanol–water partition coefficient (Wildman–Crippen LogP) is 1.53. The van der Waals surface area contributed by atoms with Crippen molar-refractivity contribution in [2.75, 3.05) is 19.6 Å². The van der Waals surface area contributed by atoms with Gasteiger partial charge in [-0.1, -0.05) is 66.1 Å². The molecule has 0 aliphatic carbocycles. The molecule has 2 fully saturated rings. The number of nitrogens with zero attached hydrogens (tertiary/aromatic N) is 4. The molecule has 3 aromatic rings. The van der Waals surface area contributed by atoms with Crippen LogP contribution >= 0.6 is 0 Å². The molecule has 2 atom stereocenters. The minimum Gasteiger partial charge on any atom is -0.508 e. The van der Waals surface area contributed by atoms with Crippen LogP contribution in [0.4, 0.5) is 9.18 Å². The Morgan fingerprint density at radius 3 is 2.45 bits per heavy atom. The van der Waals surface area contributed by atoms with Crippen molar-refractivity contribution in [2.45, 2.75) is 31.7 Å². The Labute approximate surface area is 245 Å².